The summed E-state index contributed by atoms with van der Waals surface area (Å²) in [6.07, 6.45) is 5.74. The molecule has 0 atom stereocenters. The standard InChI is InChI=1S/C25H29N3O4S/c1-17-20(22(30)25(16-29)9-11-26-12-10-25)24(33-21(17)23-27-13-15-32-23)28(2)14-8-18-6-4-5-7-19(18)31-3/h4-7,13,15-16,26H,8-12,14H2,1-3H3. The van der Waals surface area contributed by atoms with Gasteiger partial charge >= 0.3 is 0 Å². The van der Waals surface area contributed by atoms with Gasteiger partial charge in [-0.2, -0.15) is 0 Å². The molecule has 1 aliphatic rings. The maximum Gasteiger partial charge on any atom is 0.236 e. The van der Waals surface area contributed by atoms with Gasteiger partial charge in [0.2, 0.25) is 5.89 Å². The maximum absolute atomic E-state index is 13.9. The van der Waals surface area contributed by atoms with Crippen LogP contribution in [0.4, 0.5) is 5.00 Å². The highest BCUT2D eigenvalue weighted by molar-refractivity contribution is 7.20. The largest absolute Gasteiger partial charge is 0.496 e. The predicted octanol–water partition coefficient (Wildman–Crippen LogP) is 4.15. The van der Waals surface area contributed by atoms with Gasteiger partial charge in [-0.1, -0.05) is 18.2 Å². The fourth-order valence-electron chi connectivity index (χ4n) is 4.39. The number of likely N-dealkylation sites (N-methyl/N-ethyl adjacent to an activating group) is 1. The summed E-state index contributed by atoms with van der Waals surface area (Å²) in [6, 6.07) is 7.94. The van der Waals surface area contributed by atoms with Crippen LogP contribution in [0.5, 0.6) is 5.75 Å². The van der Waals surface area contributed by atoms with Crippen LogP contribution in [0.1, 0.15) is 34.3 Å². The van der Waals surface area contributed by atoms with Gasteiger partial charge in [0.05, 0.1) is 29.2 Å². The van der Waals surface area contributed by atoms with Crippen molar-refractivity contribution in [2.45, 2.75) is 26.2 Å². The summed E-state index contributed by atoms with van der Waals surface area (Å²) in [4.78, 5) is 33.3. The summed E-state index contributed by atoms with van der Waals surface area (Å²) in [7, 11) is 3.65. The Balaban J connectivity index is 1.71. The average molecular weight is 468 g/mol. The minimum absolute atomic E-state index is 0.107. The number of ether oxygens (including phenoxy) is 1. The Morgan fingerprint density at radius 2 is 2.09 bits per heavy atom. The molecule has 0 amide bonds. The Hall–Kier alpha value is -2.97. The number of Topliss-reactive ketones (excluding diaryl/α,β-unsaturated/α-hetero) is 1. The normalized spacial score (nSPS) is 15.2. The number of anilines is 1. The molecule has 1 aromatic carbocycles. The van der Waals surface area contributed by atoms with Crippen molar-refractivity contribution in [2.24, 2.45) is 5.41 Å². The van der Waals surface area contributed by atoms with Crippen molar-refractivity contribution in [3.8, 4) is 16.5 Å². The Bertz CT molecular complexity index is 1120. The number of ketones is 1. The number of rotatable bonds is 9. The Morgan fingerprint density at radius 3 is 2.76 bits per heavy atom. The van der Waals surface area contributed by atoms with Crippen LogP contribution in [0.2, 0.25) is 0 Å². The maximum atomic E-state index is 13.9. The summed E-state index contributed by atoms with van der Waals surface area (Å²) < 4.78 is 11.0. The number of piperidine rings is 1. The smallest absolute Gasteiger partial charge is 0.236 e. The predicted molar refractivity (Wildman–Crippen MR) is 129 cm³/mol. The van der Waals surface area contributed by atoms with E-state index in [-0.39, 0.29) is 5.78 Å². The van der Waals surface area contributed by atoms with Crippen LogP contribution in [-0.2, 0) is 11.2 Å². The zero-order chi connectivity index (χ0) is 23.4. The number of para-hydroxylation sites is 1. The zero-order valence-corrected chi connectivity index (χ0v) is 20.0. The van der Waals surface area contributed by atoms with E-state index < -0.39 is 5.41 Å². The van der Waals surface area contributed by atoms with Crippen LogP contribution >= 0.6 is 11.3 Å². The van der Waals surface area contributed by atoms with Crippen LogP contribution in [-0.4, -0.2) is 50.8 Å². The van der Waals surface area contributed by atoms with Crippen LogP contribution < -0.4 is 15.0 Å². The van der Waals surface area contributed by atoms with Crippen molar-refractivity contribution in [1.82, 2.24) is 10.3 Å². The molecule has 3 heterocycles. The minimum Gasteiger partial charge on any atom is -0.496 e. The van der Waals surface area contributed by atoms with Gasteiger partial charge in [-0.3, -0.25) is 4.79 Å². The number of carbonyl (C=O) groups excluding carboxylic acids is 2. The lowest BCUT2D eigenvalue weighted by Gasteiger charge is -2.32. The lowest BCUT2D eigenvalue weighted by atomic mass is 9.74. The topological polar surface area (TPSA) is 84.7 Å². The van der Waals surface area contributed by atoms with Crippen molar-refractivity contribution >= 4 is 28.4 Å². The van der Waals surface area contributed by atoms with Gasteiger partial charge in [-0.25, -0.2) is 4.98 Å². The van der Waals surface area contributed by atoms with Crippen LogP contribution in [0.3, 0.4) is 0 Å². The van der Waals surface area contributed by atoms with E-state index in [1.165, 1.54) is 17.6 Å². The van der Waals surface area contributed by atoms with E-state index in [0.29, 0.717) is 43.9 Å². The second-order valence-corrected chi connectivity index (χ2v) is 9.41. The van der Waals surface area contributed by atoms with Gasteiger partial charge in [0.1, 0.15) is 23.3 Å². The third-order valence-electron chi connectivity index (χ3n) is 6.41. The molecule has 174 valence electrons. The summed E-state index contributed by atoms with van der Waals surface area (Å²) in [5.41, 5.74) is 1.52. The van der Waals surface area contributed by atoms with Crippen molar-refractivity contribution < 1.29 is 18.7 Å². The van der Waals surface area contributed by atoms with Crippen molar-refractivity contribution in [2.75, 3.05) is 38.7 Å². The highest BCUT2D eigenvalue weighted by Gasteiger charge is 2.43. The molecule has 0 aliphatic carbocycles. The lowest BCUT2D eigenvalue weighted by Crippen LogP contribution is -2.43. The first kappa shape index (κ1) is 23.2. The van der Waals surface area contributed by atoms with E-state index >= 15 is 0 Å². The molecule has 1 fully saturated rings. The lowest BCUT2D eigenvalue weighted by molar-refractivity contribution is -0.115. The number of thiophene rings is 1. The molecule has 2 aromatic heterocycles. The first-order valence-electron chi connectivity index (χ1n) is 11.1. The number of nitrogens with one attached hydrogen (secondary N) is 1. The SMILES string of the molecule is COc1ccccc1CCN(C)c1sc(-c2ncco2)c(C)c1C(=O)C1(C=O)CCNCC1. The summed E-state index contributed by atoms with van der Waals surface area (Å²) in [5.74, 6) is 1.23. The highest BCUT2D eigenvalue weighted by atomic mass is 32.1. The second kappa shape index (κ2) is 9.89. The molecule has 1 N–H and O–H groups in total. The zero-order valence-electron chi connectivity index (χ0n) is 19.2. The van der Waals surface area contributed by atoms with E-state index in [1.807, 2.05) is 38.2 Å². The van der Waals surface area contributed by atoms with Gasteiger partial charge in [-0.15, -0.1) is 11.3 Å². The Morgan fingerprint density at radius 1 is 1.33 bits per heavy atom. The number of carbonyl (C=O) groups is 2. The summed E-state index contributed by atoms with van der Waals surface area (Å²) in [5, 5.41) is 4.09. The van der Waals surface area contributed by atoms with Gasteiger partial charge < -0.3 is 24.2 Å². The molecule has 33 heavy (non-hydrogen) atoms. The monoisotopic (exact) mass is 467 g/mol. The highest BCUT2D eigenvalue weighted by Crippen LogP contribution is 2.45. The van der Waals surface area contributed by atoms with E-state index in [9.17, 15) is 9.59 Å². The third-order valence-corrected chi connectivity index (χ3v) is 7.81. The number of benzene rings is 1. The van der Waals surface area contributed by atoms with E-state index in [4.69, 9.17) is 9.15 Å². The molecular weight excluding hydrogens is 438 g/mol. The number of nitrogens with zero attached hydrogens (tertiary/aromatic N) is 2. The molecule has 0 unspecified atom stereocenters. The third kappa shape index (κ3) is 4.45. The van der Waals surface area contributed by atoms with Crippen molar-refractivity contribution in [3.05, 3.63) is 53.4 Å². The molecule has 8 heteroatoms. The van der Waals surface area contributed by atoms with Gasteiger partial charge in [0.25, 0.3) is 0 Å². The fourth-order valence-corrected chi connectivity index (χ4v) is 5.63. The van der Waals surface area contributed by atoms with Gasteiger partial charge in [-0.05, 0) is 56.5 Å². The summed E-state index contributed by atoms with van der Waals surface area (Å²) >= 11 is 1.48. The second-order valence-electron chi connectivity index (χ2n) is 8.41. The number of oxazole rings is 1. The van der Waals surface area contributed by atoms with Gasteiger partial charge in [0, 0.05) is 13.6 Å². The molecule has 4 rings (SSSR count). The van der Waals surface area contributed by atoms with Crippen LogP contribution in [0.15, 0.2) is 41.1 Å². The number of aromatic nitrogens is 1. The molecule has 0 saturated carbocycles. The molecule has 0 bridgehead atoms. The van der Waals surface area contributed by atoms with E-state index in [1.54, 1.807) is 13.3 Å². The molecule has 0 radical (unpaired) electrons. The first-order valence-corrected chi connectivity index (χ1v) is 11.9. The van der Waals surface area contributed by atoms with Crippen LogP contribution in [0.25, 0.3) is 10.8 Å². The number of hydrogen-bond acceptors (Lipinski definition) is 8. The van der Waals surface area contributed by atoms with E-state index in [2.05, 4.69) is 15.2 Å². The summed E-state index contributed by atoms with van der Waals surface area (Å²) in [6.45, 7) is 3.90. The molecule has 7 nitrogen and oxygen atoms in total. The molecule has 1 aliphatic heterocycles. The first-order chi connectivity index (χ1) is 16.0. The minimum atomic E-state index is -0.997. The van der Waals surface area contributed by atoms with Gasteiger partial charge in [0.15, 0.2) is 5.78 Å². The number of methoxy groups -OCH3 is 1. The fraction of sp³-hybridized carbons (Fsp3) is 0.400. The Labute approximate surface area is 197 Å². The quantitative estimate of drug-likeness (QED) is 0.287. The molecule has 1 saturated heterocycles. The van der Waals surface area contributed by atoms with Crippen molar-refractivity contribution in [1.29, 1.82) is 0 Å². The number of hydrogen-bond donors (Lipinski definition) is 1. The van der Waals surface area contributed by atoms with E-state index in [0.717, 1.165) is 39.5 Å². The molecular formula is C25H29N3O4S. The van der Waals surface area contributed by atoms with Crippen LogP contribution in [0, 0.1) is 12.3 Å². The number of aldehydes is 1. The average Bonchev–Trinajstić information content (AvgIpc) is 3.50. The molecule has 3 aromatic rings. The van der Waals surface area contributed by atoms with Crippen molar-refractivity contribution in [3.63, 3.8) is 0 Å². The molecule has 0 spiro atoms. The Kier molecular flexibility index (Phi) is 6.95.